The number of esters is 1. The Balaban J connectivity index is 1.48. The number of rotatable bonds is 3. The first kappa shape index (κ1) is 14.3. The summed E-state index contributed by atoms with van der Waals surface area (Å²) < 4.78 is 5.69. The summed E-state index contributed by atoms with van der Waals surface area (Å²) >= 11 is 0. The standard InChI is InChI=1S/C16H28N2O2/c19-16(14-7-1-3-9-17-14)20-12-13-6-5-11-18-10-4-2-8-15(13)18/h13-15,17H,1-12H2/p+2/t13-,14+,15-/m1/s1. The second-order valence-electron chi connectivity index (χ2n) is 6.92. The lowest BCUT2D eigenvalue weighted by Crippen LogP contribution is -3.18. The lowest BCUT2D eigenvalue weighted by molar-refractivity contribution is -0.940. The van der Waals surface area contributed by atoms with Crippen LogP contribution in [0.25, 0.3) is 0 Å². The van der Waals surface area contributed by atoms with Gasteiger partial charge in [-0.3, -0.25) is 0 Å². The SMILES string of the molecule is O=C(OC[C@H]1CCC[NH+]2CCCC[C@H]12)[C@@H]1CCCC[NH2+]1. The van der Waals surface area contributed by atoms with Crippen LogP contribution in [0.5, 0.6) is 0 Å². The minimum atomic E-state index is 0.0487. The maximum atomic E-state index is 12.1. The fourth-order valence-electron chi connectivity index (χ4n) is 4.43. The van der Waals surface area contributed by atoms with E-state index in [9.17, 15) is 4.79 Å². The first-order valence-corrected chi connectivity index (χ1v) is 8.69. The molecule has 114 valence electrons. The number of nitrogens with one attached hydrogen (secondary N) is 1. The van der Waals surface area contributed by atoms with Crippen LogP contribution in [0.4, 0.5) is 0 Å². The van der Waals surface area contributed by atoms with Gasteiger partial charge in [0.25, 0.3) is 0 Å². The van der Waals surface area contributed by atoms with E-state index in [1.807, 2.05) is 0 Å². The molecule has 0 saturated carbocycles. The molecule has 3 saturated heterocycles. The number of piperidine rings is 3. The van der Waals surface area contributed by atoms with Gasteiger partial charge in [-0.25, -0.2) is 4.79 Å². The van der Waals surface area contributed by atoms with Gasteiger partial charge in [0, 0.05) is 12.3 Å². The Kier molecular flexibility index (Phi) is 4.94. The van der Waals surface area contributed by atoms with Crippen LogP contribution in [-0.2, 0) is 9.53 Å². The summed E-state index contributed by atoms with van der Waals surface area (Å²) in [6.45, 7) is 4.44. The van der Waals surface area contributed by atoms with E-state index in [4.69, 9.17) is 4.74 Å². The quantitative estimate of drug-likeness (QED) is 0.685. The predicted octanol–water partition coefficient (Wildman–Crippen LogP) is -0.507. The van der Waals surface area contributed by atoms with Gasteiger partial charge in [0.15, 0.2) is 6.04 Å². The number of carbonyl (C=O) groups excluding carboxylic acids is 1. The molecule has 0 aromatic heterocycles. The number of nitrogens with two attached hydrogens (primary N) is 1. The summed E-state index contributed by atoms with van der Waals surface area (Å²) in [6, 6.07) is 0.850. The highest BCUT2D eigenvalue weighted by Crippen LogP contribution is 2.20. The molecule has 3 fully saturated rings. The zero-order chi connectivity index (χ0) is 13.8. The number of quaternary nitrogens is 2. The molecule has 3 N–H and O–H groups in total. The first-order chi connectivity index (χ1) is 9.84. The minimum absolute atomic E-state index is 0.0487. The molecule has 0 aliphatic carbocycles. The van der Waals surface area contributed by atoms with Gasteiger partial charge >= 0.3 is 5.97 Å². The largest absolute Gasteiger partial charge is 0.461 e. The molecule has 4 heteroatoms. The molecule has 3 aliphatic rings. The van der Waals surface area contributed by atoms with Gasteiger partial charge in [-0.15, -0.1) is 0 Å². The van der Waals surface area contributed by atoms with Gasteiger partial charge in [-0.05, 0) is 44.9 Å². The van der Waals surface area contributed by atoms with Crippen LogP contribution in [0.1, 0.15) is 51.4 Å². The van der Waals surface area contributed by atoms with Crippen LogP contribution in [0, 0.1) is 5.92 Å². The van der Waals surface area contributed by atoms with Gasteiger partial charge < -0.3 is 15.0 Å². The lowest BCUT2D eigenvalue weighted by atomic mass is 9.84. The van der Waals surface area contributed by atoms with E-state index < -0.39 is 0 Å². The van der Waals surface area contributed by atoms with Crippen LogP contribution in [0.3, 0.4) is 0 Å². The van der Waals surface area contributed by atoms with Crippen molar-refractivity contribution in [3.63, 3.8) is 0 Å². The number of ether oxygens (including phenoxy) is 1. The number of carbonyl (C=O) groups is 1. The molecular formula is C16H30N2O2+2. The van der Waals surface area contributed by atoms with Crippen molar-refractivity contribution in [2.24, 2.45) is 5.92 Å². The van der Waals surface area contributed by atoms with Crippen molar-refractivity contribution in [2.45, 2.75) is 63.5 Å². The van der Waals surface area contributed by atoms with Crippen LogP contribution in [0.15, 0.2) is 0 Å². The summed E-state index contributed by atoms with van der Waals surface area (Å²) in [6.07, 6.45) is 10.1. The molecule has 0 aromatic rings. The minimum Gasteiger partial charge on any atom is -0.461 e. The van der Waals surface area contributed by atoms with E-state index in [-0.39, 0.29) is 12.0 Å². The van der Waals surface area contributed by atoms with Gasteiger partial charge in [-0.1, -0.05) is 0 Å². The first-order valence-electron chi connectivity index (χ1n) is 8.69. The zero-order valence-electron chi connectivity index (χ0n) is 12.6. The number of hydrogen-bond acceptors (Lipinski definition) is 2. The maximum Gasteiger partial charge on any atom is 0.364 e. The lowest BCUT2D eigenvalue weighted by Gasteiger charge is -2.41. The van der Waals surface area contributed by atoms with Crippen molar-refractivity contribution in [3.8, 4) is 0 Å². The molecular weight excluding hydrogens is 252 g/mol. The Bertz CT molecular complexity index is 326. The molecule has 0 spiro atoms. The Labute approximate surface area is 122 Å². The molecule has 3 rings (SSSR count). The van der Waals surface area contributed by atoms with E-state index in [2.05, 4.69) is 5.32 Å². The molecule has 4 nitrogen and oxygen atoms in total. The highest BCUT2D eigenvalue weighted by molar-refractivity contribution is 5.74. The summed E-state index contributed by atoms with van der Waals surface area (Å²) in [5.41, 5.74) is 0. The molecule has 3 aliphatic heterocycles. The average molecular weight is 282 g/mol. The topological polar surface area (TPSA) is 47.4 Å². The summed E-state index contributed by atoms with van der Waals surface area (Å²) in [5, 5.41) is 2.17. The Morgan fingerprint density at radius 1 is 1.05 bits per heavy atom. The van der Waals surface area contributed by atoms with Crippen molar-refractivity contribution in [1.82, 2.24) is 0 Å². The van der Waals surface area contributed by atoms with Gasteiger partial charge in [-0.2, -0.15) is 0 Å². The van der Waals surface area contributed by atoms with E-state index >= 15 is 0 Å². The summed E-state index contributed by atoms with van der Waals surface area (Å²) in [5.74, 6) is 0.666. The van der Waals surface area contributed by atoms with Crippen LogP contribution in [0.2, 0.25) is 0 Å². The number of hydrogen-bond donors (Lipinski definition) is 2. The molecule has 20 heavy (non-hydrogen) atoms. The van der Waals surface area contributed by atoms with Crippen molar-refractivity contribution < 1.29 is 19.7 Å². The Morgan fingerprint density at radius 3 is 2.75 bits per heavy atom. The fourth-order valence-corrected chi connectivity index (χ4v) is 4.43. The molecule has 1 unspecified atom stereocenters. The van der Waals surface area contributed by atoms with E-state index in [1.165, 1.54) is 58.0 Å². The van der Waals surface area contributed by atoms with Crippen molar-refractivity contribution in [3.05, 3.63) is 0 Å². The van der Waals surface area contributed by atoms with Crippen LogP contribution >= 0.6 is 0 Å². The van der Waals surface area contributed by atoms with E-state index in [1.54, 1.807) is 4.90 Å². The van der Waals surface area contributed by atoms with E-state index in [0.717, 1.165) is 19.0 Å². The van der Waals surface area contributed by atoms with Crippen molar-refractivity contribution in [2.75, 3.05) is 26.2 Å². The highest BCUT2D eigenvalue weighted by atomic mass is 16.5. The molecule has 0 bridgehead atoms. The molecule has 4 atom stereocenters. The van der Waals surface area contributed by atoms with Crippen molar-refractivity contribution in [1.29, 1.82) is 0 Å². The third-order valence-corrected chi connectivity index (χ3v) is 5.59. The van der Waals surface area contributed by atoms with Gasteiger partial charge in [0.05, 0.1) is 25.7 Å². The van der Waals surface area contributed by atoms with Gasteiger partial charge in [0.2, 0.25) is 0 Å². The molecule has 0 radical (unpaired) electrons. The third-order valence-electron chi connectivity index (χ3n) is 5.59. The second kappa shape index (κ2) is 6.90. The number of fused-ring (bicyclic) bond motifs is 1. The fraction of sp³-hybridized carbons (Fsp3) is 0.938. The highest BCUT2D eigenvalue weighted by Gasteiger charge is 2.37. The predicted molar refractivity (Wildman–Crippen MR) is 76.5 cm³/mol. The Morgan fingerprint density at radius 2 is 1.90 bits per heavy atom. The molecule has 0 aromatic carbocycles. The smallest absolute Gasteiger partial charge is 0.364 e. The second-order valence-corrected chi connectivity index (χ2v) is 6.92. The monoisotopic (exact) mass is 282 g/mol. The summed E-state index contributed by atoms with van der Waals surface area (Å²) in [7, 11) is 0. The van der Waals surface area contributed by atoms with Crippen LogP contribution in [-0.4, -0.2) is 44.3 Å². The maximum absolute atomic E-state index is 12.1. The zero-order valence-corrected chi connectivity index (χ0v) is 12.6. The van der Waals surface area contributed by atoms with E-state index in [0.29, 0.717) is 12.5 Å². The molecule has 3 heterocycles. The van der Waals surface area contributed by atoms with Crippen molar-refractivity contribution >= 4 is 5.97 Å². The molecule has 0 amide bonds. The van der Waals surface area contributed by atoms with Gasteiger partial charge in [0.1, 0.15) is 6.61 Å². The Hall–Kier alpha value is -0.610. The van der Waals surface area contributed by atoms with Crippen LogP contribution < -0.4 is 10.2 Å². The average Bonchev–Trinajstić information content (AvgIpc) is 2.53. The third kappa shape index (κ3) is 3.34. The normalized spacial score (nSPS) is 38.0. The summed E-state index contributed by atoms with van der Waals surface area (Å²) in [4.78, 5) is 13.9.